The molecule has 0 aromatic heterocycles. The highest BCUT2D eigenvalue weighted by Gasteiger charge is 2.55. The van der Waals surface area contributed by atoms with E-state index in [-0.39, 0.29) is 11.1 Å². The standard InChI is InChI=1S/C30H23F5O4/c31-23-24(32)26(34)28(27(35)25(23)33)39-30(37)16-4-1-3-15(13-16)29(36)38-17-9-7-14(8-10-17)22-20-11-12-21(22)19-6-2-5-18(19)20/h1,3-4,7-10,13,18-22H,2,5-6,11-12H2. The van der Waals surface area contributed by atoms with Crippen LogP contribution in [0.25, 0.3) is 0 Å². The Morgan fingerprint density at radius 1 is 0.615 bits per heavy atom. The molecular weight excluding hydrogens is 519 g/mol. The summed E-state index contributed by atoms with van der Waals surface area (Å²) < 4.78 is 77.8. The molecule has 3 aromatic rings. The summed E-state index contributed by atoms with van der Waals surface area (Å²) in [7, 11) is 0. The average Bonchev–Trinajstić information content (AvgIpc) is 3.67. The first kappa shape index (κ1) is 25.5. The molecule has 0 spiro atoms. The monoisotopic (exact) mass is 542 g/mol. The molecule has 3 saturated carbocycles. The molecule has 0 heterocycles. The quantitative estimate of drug-likeness (QED) is 0.111. The largest absolute Gasteiger partial charge is 0.423 e. The molecule has 0 N–H and O–H groups in total. The van der Waals surface area contributed by atoms with Gasteiger partial charge in [-0.3, -0.25) is 0 Å². The van der Waals surface area contributed by atoms with Crippen molar-refractivity contribution in [1.82, 2.24) is 0 Å². The van der Waals surface area contributed by atoms with Gasteiger partial charge >= 0.3 is 11.9 Å². The fourth-order valence-corrected chi connectivity index (χ4v) is 7.12. The van der Waals surface area contributed by atoms with Gasteiger partial charge in [-0.2, -0.15) is 8.78 Å². The van der Waals surface area contributed by atoms with Gasteiger partial charge in [-0.1, -0.05) is 24.6 Å². The summed E-state index contributed by atoms with van der Waals surface area (Å²) in [6.07, 6.45) is 6.53. The molecule has 3 aliphatic rings. The van der Waals surface area contributed by atoms with E-state index in [4.69, 9.17) is 4.74 Å². The Morgan fingerprint density at radius 3 is 1.69 bits per heavy atom. The number of carbonyl (C=O) groups excluding carboxylic acids is 2. The summed E-state index contributed by atoms with van der Waals surface area (Å²) in [5.74, 6) is -11.4. The van der Waals surface area contributed by atoms with Crippen molar-refractivity contribution in [3.8, 4) is 11.5 Å². The van der Waals surface area contributed by atoms with Crippen LogP contribution in [-0.4, -0.2) is 11.9 Å². The summed E-state index contributed by atoms with van der Waals surface area (Å²) in [5, 5.41) is 0. The molecule has 9 heteroatoms. The van der Waals surface area contributed by atoms with Gasteiger partial charge in [0.05, 0.1) is 11.1 Å². The number of benzene rings is 3. The van der Waals surface area contributed by atoms with E-state index in [1.165, 1.54) is 49.8 Å². The van der Waals surface area contributed by atoms with Crippen molar-refractivity contribution in [1.29, 1.82) is 0 Å². The first-order valence-electron chi connectivity index (χ1n) is 12.9. The van der Waals surface area contributed by atoms with Crippen LogP contribution in [0, 0.1) is 52.8 Å². The van der Waals surface area contributed by atoms with E-state index in [0.717, 1.165) is 35.8 Å². The summed E-state index contributed by atoms with van der Waals surface area (Å²) >= 11 is 0. The Kier molecular flexibility index (Phi) is 6.40. The maximum absolute atomic E-state index is 13.9. The number of carbonyl (C=O) groups is 2. The highest BCUT2D eigenvalue weighted by Crippen LogP contribution is 2.65. The maximum atomic E-state index is 13.9. The predicted molar refractivity (Wildman–Crippen MR) is 129 cm³/mol. The molecule has 0 amide bonds. The molecule has 3 fully saturated rings. The van der Waals surface area contributed by atoms with E-state index >= 15 is 0 Å². The number of hydrogen-bond donors (Lipinski definition) is 0. The highest BCUT2D eigenvalue weighted by molar-refractivity contribution is 5.96. The van der Waals surface area contributed by atoms with Gasteiger partial charge in [-0.05, 0) is 91.2 Å². The number of halogens is 5. The second kappa shape index (κ2) is 9.77. The molecule has 4 atom stereocenters. The summed E-state index contributed by atoms with van der Waals surface area (Å²) in [6, 6.07) is 12.3. The molecule has 0 radical (unpaired) electrons. The fraction of sp³-hybridized carbons (Fsp3) is 0.333. The number of fused-ring (bicyclic) bond motifs is 5. The van der Waals surface area contributed by atoms with Crippen molar-refractivity contribution < 1.29 is 41.0 Å². The van der Waals surface area contributed by atoms with E-state index in [2.05, 4.69) is 4.74 Å². The second-order valence-electron chi connectivity index (χ2n) is 10.5. The zero-order valence-electron chi connectivity index (χ0n) is 20.6. The van der Waals surface area contributed by atoms with Gasteiger partial charge in [-0.25, -0.2) is 22.8 Å². The van der Waals surface area contributed by atoms with Crippen LogP contribution in [-0.2, 0) is 0 Å². The molecule has 3 aromatic carbocycles. The second-order valence-corrected chi connectivity index (χ2v) is 10.5. The van der Waals surface area contributed by atoms with Crippen molar-refractivity contribution in [3.63, 3.8) is 0 Å². The molecular formula is C30H23F5O4. The first-order valence-corrected chi connectivity index (χ1v) is 12.9. The predicted octanol–water partition coefficient (Wildman–Crippen LogP) is 7.36. The Hall–Kier alpha value is -3.75. The van der Waals surface area contributed by atoms with E-state index in [9.17, 15) is 31.5 Å². The third-order valence-corrected chi connectivity index (χ3v) is 8.65. The minimum Gasteiger partial charge on any atom is -0.423 e. The van der Waals surface area contributed by atoms with Crippen LogP contribution in [0.2, 0.25) is 0 Å². The minimum atomic E-state index is -2.37. The van der Waals surface area contributed by atoms with E-state index in [1.807, 2.05) is 12.1 Å². The zero-order valence-corrected chi connectivity index (χ0v) is 20.6. The lowest BCUT2D eigenvalue weighted by Gasteiger charge is -2.23. The smallest absolute Gasteiger partial charge is 0.343 e. The van der Waals surface area contributed by atoms with Gasteiger partial charge in [0, 0.05) is 0 Å². The lowest BCUT2D eigenvalue weighted by atomic mass is 9.82. The van der Waals surface area contributed by atoms with Gasteiger partial charge in [0.25, 0.3) is 0 Å². The Balaban J connectivity index is 1.14. The van der Waals surface area contributed by atoms with Crippen LogP contribution >= 0.6 is 0 Å². The third-order valence-electron chi connectivity index (χ3n) is 8.65. The first-order chi connectivity index (χ1) is 18.7. The van der Waals surface area contributed by atoms with Crippen molar-refractivity contribution in [2.75, 3.05) is 0 Å². The molecule has 2 bridgehead atoms. The van der Waals surface area contributed by atoms with Crippen LogP contribution in [0.15, 0.2) is 48.5 Å². The lowest BCUT2D eigenvalue weighted by molar-refractivity contribution is 0.0716. The van der Waals surface area contributed by atoms with E-state index in [0.29, 0.717) is 11.7 Å². The molecule has 3 aliphatic carbocycles. The third kappa shape index (κ3) is 4.28. The Bertz CT molecular complexity index is 1420. The average molecular weight is 543 g/mol. The normalized spacial score (nSPS) is 25.0. The van der Waals surface area contributed by atoms with Gasteiger partial charge in [0.15, 0.2) is 0 Å². The molecule has 0 aliphatic heterocycles. The van der Waals surface area contributed by atoms with Crippen LogP contribution in [0.1, 0.15) is 64.3 Å². The minimum absolute atomic E-state index is 0.0763. The Morgan fingerprint density at radius 2 is 1.13 bits per heavy atom. The molecule has 4 unspecified atom stereocenters. The van der Waals surface area contributed by atoms with Crippen molar-refractivity contribution in [2.45, 2.75) is 38.0 Å². The molecule has 6 rings (SSSR count). The van der Waals surface area contributed by atoms with E-state index < -0.39 is 46.8 Å². The van der Waals surface area contributed by atoms with Crippen LogP contribution in [0.3, 0.4) is 0 Å². The van der Waals surface area contributed by atoms with Crippen LogP contribution in [0.5, 0.6) is 11.5 Å². The van der Waals surface area contributed by atoms with Crippen LogP contribution < -0.4 is 9.47 Å². The summed E-state index contributed by atoms with van der Waals surface area (Å²) in [5.41, 5.74) is 0.827. The van der Waals surface area contributed by atoms with Crippen molar-refractivity contribution in [3.05, 3.63) is 94.3 Å². The molecule has 202 valence electrons. The zero-order chi connectivity index (χ0) is 27.4. The SMILES string of the molecule is O=C(Oc1ccc(C2C3CCC2C2CCCC23)cc1)c1cccc(C(=O)Oc2c(F)c(F)c(F)c(F)c2F)c1. The molecule has 39 heavy (non-hydrogen) atoms. The van der Waals surface area contributed by atoms with E-state index in [1.54, 1.807) is 12.1 Å². The maximum Gasteiger partial charge on any atom is 0.343 e. The van der Waals surface area contributed by atoms with Gasteiger partial charge in [0.1, 0.15) is 5.75 Å². The number of ether oxygens (including phenoxy) is 2. The van der Waals surface area contributed by atoms with Gasteiger partial charge < -0.3 is 9.47 Å². The fourth-order valence-electron chi connectivity index (χ4n) is 7.12. The van der Waals surface area contributed by atoms with Crippen LogP contribution in [0.4, 0.5) is 22.0 Å². The topological polar surface area (TPSA) is 52.6 Å². The number of esters is 2. The lowest BCUT2D eigenvalue weighted by Crippen LogP contribution is -2.15. The highest BCUT2D eigenvalue weighted by atomic mass is 19.2. The molecule has 0 saturated heterocycles. The number of hydrogen-bond acceptors (Lipinski definition) is 4. The molecule has 4 nitrogen and oxygen atoms in total. The number of rotatable bonds is 5. The van der Waals surface area contributed by atoms with Crippen molar-refractivity contribution in [2.24, 2.45) is 23.7 Å². The summed E-state index contributed by atoms with van der Waals surface area (Å²) in [4.78, 5) is 25.1. The van der Waals surface area contributed by atoms with Gasteiger partial charge in [-0.15, -0.1) is 0 Å². The van der Waals surface area contributed by atoms with Gasteiger partial charge in [0.2, 0.25) is 34.8 Å². The summed E-state index contributed by atoms with van der Waals surface area (Å²) in [6.45, 7) is 0. The van der Waals surface area contributed by atoms with Crippen molar-refractivity contribution >= 4 is 11.9 Å². The Labute approximate surface area is 220 Å².